The predicted molar refractivity (Wildman–Crippen MR) is 72.8 cm³/mol. The van der Waals surface area contributed by atoms with Crippen molar-refractivity contribution >= 4 is 5.69 Å². The summed E-state index contributed by atoms with van der Waals surface area (Å²) in [5.41, 5.74) is 0.650. The third-order valence-corrected chi connectivity index (χ3v) is 4.41. The first kappa shape index (κ1) is 13.3. The lowest BCUT2D eigenvalue weighted by Crippen LogP contribution is -2.45. The Morgan fingerprint density at radius 1 is 1.35 bits per heavy atom. The van der Waals surface area contributed by atoms with Gasteiger partial charge in [0.2, 0.25) is 0 Å². The van der Waals surface area contributed by atoms with Crippen molar-refractivity contribution in [1.29, 1.82) is 5.26 Å². The van der Waals surface area contributed by atoms with Crippen molar-refractivity contribution in [3.05, 3.63) is 29.3 Å². The van der Waals surface area contributed by atoms with Gasteiger partial charge in [0.1, 0.15) is 6.07 Å². The highest BCUT2D eigenvalue weighted by Gasteiger charge is 2.36. The molecule has 2 aliphatic rings. The van der Waals surface area contributed by atoms with Crippen LogP contribution in [-0.4, -0.2) is 25.7 Å². The van der Waals surface area contributed by atoms with Crippen molar-refractivity contribution < 1.29 is 8.78 Å². The molecule has 2 heterocycles. The van der Waals surface area contributed by atoms with Gasteiger partial charge in [-0.25, -0.2) is 8.78 Å². The number of piperidine rings is 1. The van der Waals surface area contributed by atoms with Crippen LogP contribution in [0.4, 0.5) is 14.5 Å². The number of benzene rings is 1. The second kappa shape index (κ2) is 5.37. The summed E-state index contributed by atoms with van der Waals surface area (Å²) in [6, 6.07) is 7.08. The number of alkyl halides is 2. The van der Waals surface area contributed by atoms with Crippen LogP contribution in [-0.2, 0) is 0 Å². The molecule has 2 atom stereocenters. The summed E-state index contributed by atoms with van der Waals surface area (Å²) in [7, 11) is 0. The highest BCUT2D eigenvalue weighted by Crippen LogP contribution is 2.35. The standard InChI is InChI=1S/C15H17F2N3/c16-15(17)11-4-1-5-13(12(11)7-18)20-6-2-3-10-8-19-9-14(10)20/h1,4-5,10,14-15,19H,2-3,6,8-9H2/t10-,14+/m0/s1. The predicted octanol–water partition coefficient (Wildman–Crippen LogP) is 2.68. The van der Waals surface area contributed by atoms with E-state index >= 15 is 0 Å². The minimum Gasteiger partial charge on any atom is -0.366 e. The van der Waals surface area contributed by atoms with Gasteiger partial charge in [-0.2, -0.15) is 5.26 Å². The summed E-state index contributed by atoms with van der Waals surface area (Å²) in [5, 5.41) is 12.7. The van der Waals surface area contributed by atoms with Gasteiger partial charge in [-0.3, -0.25) is 0 Å². The largest absolute Gasteiger partial charge is 0.366 e. The molecule has 0 aliphatic carbocycles. The first-order valence-electron chi connectivity index (χ1n) is 7.01. The Balaban J connectivity index is 2.01. The minimum atomic E-state index is -2.60. The van der Waals surface area contributed by atoms with E-state index in [1.807, 2.05) is 6.07 Å². The number of fused-ring (bicyclic) bond motifs is 1. The average Bonchev–Trinajstić information content (AvgIpc) is 2.94. The molecule has 5 heteroatoms. The zero-order valence-corrected chi connectivity index (χ0v) is 11.1. The zero-order chi connectivity index (χ0) is 14.1. The maximum Gasteiger partial charge on any atom is 0.265 e. The molecule has 0 spiro atoms. The molecule has 1 N–H and O–H groups in total. The first-order valence-corrected chi connectivity index (χ1v) is 7.01. The smallest absolute Gasteiger partial charge is 0.265 e. The van der Waals surface area contributed by atoms with Gasteiger partial charge in [0.25, 0.3) is 6.43 Å². The molecule has 0 saturated carbocycles. The van der Waals surface area contributed by atoms with E-state index in [0.717, 1.165) is 26.1 Å². The molecule has 1 aromatic rings. The van der Waals surface area contributed by atoms with Gasteiger partial charge < -0.3 is 10.2 Å². The third kappa shape index (κ3) is 2.14. The molecule has 0 aromatic heterocycles. The molecule has 0 bridgehead atoms. The fraction of sp³-hybridized carbons (Fsp3) is 0.533. The average molecular weight is 277 g/mol. The molecule has 2 saturated heterocycles. The monoisotopic (exact) mass is 277 g/mol. The van der Waals surface area contributed by atoms with E-state index in [9.17, 15) is 14.0 Å². The lowest BCUT2D eigenvalue weighted by molar-refractivity contribution is 0.151. The van der Waals surface area contributed by atoms with Crippen LogP contribution < -0.4 is 10.2 Å². The van der Waals surface area contributed by atoms with Crippen molar-refractivity contribution in [2.75, 3.05) is 24.5 Å². The van der Waals surface area contributed by atoms with Gasteiger partial charge in [-0.1, -0.05) is 12.1 Å². The Morgan fingerprint density at radius 3 is 2.95 bits per heavy atom. The van der Waals surface area contributed by atoms with E-state index in [1.165, 1.54) is 12.5 Å². The second-order valence-electron chi connectivity index (χ2n) is 5.48. The molecule has 2 fully saturated rings. The van der Waals surface area contributed by atoms with Crippen LogP contribution in [0.5, 0.6) is 0 Å². The fourth-order valence-electron chi connectivity index (χ4n) is 3.47. The molecular formula is C15H17F2N3. The van der Waals surface area contributed by atoms with Crippen LogP contribution in [0, 0.1) is 17.2 Å². The third-order valence-electron chi connectivity index (χ3n) is 4.41. The van der Waals surface area contributed by atoms with Gasteiger partial charge in [0.05, 0.1) is 11.3 Å². The Labute approximate surface area is 117 Å². The van der Waals surface area contributed by atoms with E-state index in [-0.39, 0.29) is 11.1 Å². The maximum atomic E-state index is 13.0. The Morgan fingerprint density at radius 2 is 2.20 bits per heavy atom. The van der Waals surface area contributed by atoms with Gasteiger partial charge in [0.15, 0.2) is 0 Å². The lowest BCUT2D eigenvalue weighted by Gasteiger charge is -2.39. The Kier molecular flexibility index (Phi) is 3.58. The van der Waals surface area contributed by atoms with E-state index in [0.29, 0.717) is 17.6 Å². The highest BCUT2D eigenvalue weighted by atomic mass is 19.3. The molecule has 2 aliphatic heterocycles. The SMILES string of the molecule is N#Cc1c(C(F)F)cccc1N1CCC[C@H]2CNC[C@H]21. The second-order valence-corrected chi connectivity index (χ2v) is 5.48. The van der Waals surface area contributed by atoms with E-state index in [1.54, 1.807) is 12.1 Å². The van der Waals surface area contributed by atoms with E-state index < -0.39 is 6.43 Å². The summed E-state index contributed by atoms with van der Waals surface area (Å²) in [4.78, 5) is 2.15. The number of hydrogen-bond acceptors (Lipinski definition) is 3. The molecule has 3 nitrogen and oxygen atoms in total. The van der Waals surface area contributed by atoms with Crippen molar-refractivity contribution in [2.45, 2.75) is 25.3 Å². The summed E-state index contributed by atoms with van der Waals surface area (Å²) in [6.07, 6.45) is -0.385. The van der Waals surface area contributed by atoms with Gasteiger partial charge in [-0.15, -0.1) is 0 Å². The lowest BCUT2D eigenvalue weighted by atomic mass is 9.90. The molecule has 0 radical (unpaired) electrons. The summed E-state index contributed by atoms with van der Waals surface area (Å²) < 4.78 is 26.1. The van der Waals surface area contributed by atoms with Gasteiger partial charge in [-0.05, 0) is 24.8 Å². The number of nitrogens with zero attached hydrogens (tertiary/aromatic N) is 2. The van der Waals surface area contributed by atoms with E-state index in [2.05, 4.69) is 10.2 Å². The van der Waals surface area contributed by atoms with E-state index in [4.69, 9.17) is 0 Å². The van der Waals surface area contributed by atoms with Gasteiger partial charge in [0, 0.05) is 31.2 Å². The molecule has 0 amide bonds. The minimum absolute atomic E-state index is 0.134. The number of nitriles is 1. The van der Waals surface area contributed by atoms with Crippen LogP contribution in [0.15, 0.2) is 18.2 Å². The topological polar surface area (TPSA) is 39.1 Å². The highest BCUT2D eigenvalue weighted by molar-refractivity contribution is 5.64. The molecule has 20 heavy (non-hydrogen) atoms. The van der Waals surface area contributed by atoms with Gasteiger partial charge >= 0.3 is 0 Å². The fourth-order valence-corrected chi connectivity index (χ4v) is 3.47. The molecule has 1 aromatic carbocycles. The summed E-state index contributed by atoms with van der Waals surface area (Å²) in [5.74, 6) is 0.561. The summed E-state index contributed by atoms with van der Waals surface area (Å²) >= 11 is 0. The first-order chi connectivity index (χ1) is 9.72. The maximum absolute atomic E-state index is 13.0. The number of nitrogens with one attached hydrogen (secondary N) is 1. The number of rotatable bonds is 2. The summed E-state index contributed by atoms with van der Waals surface area (Å²) in [6.45, 7) is 2.69. The van der Waals surface area contributed by atoms with Crippen molar-refractivity contribution in [3.63, 3.8) is 0 Å². The van der Waals surface area contributed by atoms with Crippen LogP contribution >= 0.6 is 0 Å². The van der Waals surface area contributed by atoms with Crippen LogP contribution in [0.3, 0.4) is 0 Å². The normalized spacial score (nSPS) is 25.6. The molecule has 106 valence electrons. The van der Waals surface area contributed by atoms with Crippen molar-refractivity contribution in [1.82, 2.24) is 5.32 Å². The molecular weight excluding hydrogens is 260 g/mol. The van der Waals surface area contributed by atoms with Crippen molar-refractivity contribution in [2.24, 2.45) is 5.92 Å². The van der Waals surface area contributed by atoms with Crippen LogP contribution in [0.1, 0.15) is 30.4 Å². The van der Waals surface area contributed by atoms with Crippen molar-refractivity contribution in [3.8, 4) is 6.07 Å². The van der Waals surface area contributed by atoms with Crippen LogP contribution in [0.25, 0.3) is 0 Å². The molecule has 3 rings (SSSR count). The van der Waals surface area contributed by atoms with Crippen LogP contribution in [0.2, 0.25) is 0 Å². The number of halogens is 2. The molecule has 0 unspecified atom stereocenters. The number of hydrogen-bond donors (Lipinski definition) is 1. The quantitative estimate of drug-likeness (QED) is 0.903. The number of anilines is 1. The zero-order valence-electron chi connectivity index (χ0n) is 11.1. The Bertz CT molecular complexity index is 538. The Hall–Kier alpha value is -1.67.